The Morgan fingerprint density at radius 3 is 2.56 bits per heavy atom. The molecule has 0 spiro atoms. The summed E-state index contributed by atoms with van der Waals surface area (Å²) in [6.45, 7) is 8.81. The summed E-state index contributed by atoms with van der Waals surface area (Å²) in [6.07, 6.45) is 2.99. The molecule has 1 aromatic carbocycles. The first kappa shape index (κ1) is 31.6. The van der Waals surface area contributed by atoms with Crippen LogP contribution < -0.4 is 16.1 Å². The maximum absolute atomic E-state index is 13.5. The van der Waals surface area contributed by atoms with Gasteiger partial charge >= 0.3 is 11.9 Å². The molecule has 1 fully saturated rings. The maximum atomic E-state index is 13.5. The first-order valence-corrected chi connectivity index (χ1v) is 14.5. The number of hydrazine groups is 1. The van der Waals surface area contributed by atoms with E-state index in [1.54, 1.807) is 52.8 Å². The Bertz CT molecular complexity index is 1450. The van der Waals surface area contributed by atoms with Crippen molar-refractivity contribution in [2.24, 2.45) is 11.3 Å². The molecule has 1 saturated heterocycles. The van der Waals surface area contributed by atoms with Gasteiger partial charge in [0.2, 0.25) is 11.8 Å². The molecule has 4 rings (SSSR count). The van der Waals surface area contributed by atoms with Crippen LogP contribution in [0.5, 0.6) is 0 Å². The van der Waals surface area contributed by atoms with Gasteiger partial charge in [-0.05, 0) is 57.2 Å². The van der Waals surface area contributed by atoms with Crippen molar-refractivity contribution in [2.75, 3.05) is 6.54 Å². The van der Waals surface area contributed by atoms with Crippen LogP contribution in [0.15, 0.2) is 36.4 Å². The van der Waals surface area contributed by atoms with Gasteiger partial charge in [0.25, 0.3) is 5.91 Å². The second-order valence-corrected chi connectivity index (χ2v) is 12.0. The molecule has 2 aliphatic heterocycles. The molecule has 230 valence electrons. The first-order valence-electron chi connectivity index (χ1n) is 14.5. The Labute approximate surface area is 250 Å². The largest absolute Gasteiger partial charge is 0.481 e. The molecule has 3 amide bonds. The maximum Gasteiger partial charge on any atom is 0.325 e. The number of carboxylic acid groups (broad SMARTS) is 1. The van der Waals surface area contributed by atoms with Crippen LogP contribution in [0, 0.1) is 11.3 Å². The Kier molecular flexibility index (Phi) is 9.49. The van der Waals surface area contributed by atoms with E-state index in [1.165, 1.54) is 0 Å². The summed E-state index contributed by atoms with van der Waals surface area (Å²) in [5, 5.41) is 16.9. The topological polar surface area (TPSA) is 167 Å². The average Bonchev–Trinajstić information content (AvgIpc) is 2.96. The number of nitrogens with zero attached hydrogens (tertiary/aromatic N) is 2. The van der Waals surface area contributed by atoms with Gasteiger partial charge in [-0.2, -0.15) is 0 Å². The van der Waals surface area contributed by atoms with Crippen LogP contribution in [-0.4, -0.2) is 69.4 Å². The van der Waals surface area contributed by atoms with E-state index in [4.69, 9.17) is 9.72 Å². The molecule has 2 aliphatic rings. The molecule has 4 N–H and O–H groups in total. The lowest BCUT2D eigenvalue weighted by Gasteiger charge is -2.35. The van der Waals surface area contributed by atoms with E-state index < -0.39 is 65.7 Å². The lowest BCUT2D eigenvalue weighted by atomic mass is 9.89. The fourth-order valence-electron chi connectivity index (χ4n) is 4.98. The highest BCUT2D eigenvalue weighted by Gasteiger charge is 2.37. The molecule has 2 aromatic rings. The van der Waals surface area contributed by atoms with E-state index in [1.807, 2.05) is 24.3 Å². The zero-order valence-electron chi connectivity index (χ0n) is 25.0. The van der Waals surface area contributed by atoms with Crippen LogP contribution in [-0.2, 0) is 28.7 Å². The number of carbonyl (C=O) groups is 5. The van der Waals surface area contributed by atoms with Gasteiger partial charge in [-0.3, -0.25) is 29.0 Å². The third kappa shape index (κ3) is 7.56. The van der Waals surface area contributed by atoms with Gasteiger partial charge in [0.15, 0.2) is 0 Å². The number of aromatic nitrogens is 1. The van der Waals surface area contributed by atoms with Gasteiger partial charge in [0, 0.05) is 11.9 Å². The van der Waals surface area contributed by atoms with Crippen molar-refractivity contribution in [1.82, 2.24) is 26.1 Å². The highest BCUT2D eigenvalue weighted by molar-refractivity contribution is 5.95. The molecule has 4 atom stereocenters. The minimum absolute atomic E-state index is 0.198. The third-order valence-corrected chi connectivity index (χ3v) is 7.69. The number of benzene rings is 1. The molecule has 12 heteroatoms. The van der Waals surface area contributed by atoms with Gasteiger partial charge in [-0.15, -0.1) is 0 Å². The lowest BCUT2D eigenvalue weighted by Crippen LogP contribution is -2.62. The zero-order chi connectivity index (χ0) is 31.5. The molecule has 3 heterocycles. The molecular weight excluding hydrogens is 554 g/mol. The van der Waals surface area contributed by atoms with Crippen LogP contribution in [0.1, 0.15) is 71.2 Å². The van der Waals surface area contributed by atoms with Gasteiger partial charge in [0.1, 0.15) is 24.2 Å². The fraction of sp³-hybridized carbons (Fsp3) is 0.484. The van der Waals surface area contributed by atoms with Gasteiger partial charge in [-0.1, -0.05) is 44.2 Å². The Hall–Kier alpha value is -4.32. The van der Waals surface area contributed by atoms with Crippen molar-refractivity contribution < 1.29 is 33.8 Å². The number of ether oxygens (including phenoxy) is 1. The minimum Gasteiger partial charge on any atom is -0.481 e. The standard InChI is InChI=1S/C31H39N5O7/c1-17(2)26-27(39)33-24(16-25(37)38)28(40)36-14-6-7-22(35-36)29(41)43-18(3)21-11-10-20-9-8-19(15-23(20)32-21)12-13-31(4,5)30(42)34-26/h8-13,15,17-18,22,24,26,35H,6-7,14,16H2,1-5H3,(H,33,39)(H,34,42)(H,37,38)/b13-12+/t18-,22?,24+,26+/m1/s1. The SMILES string of the molecule is CC(C)[C@@H]1NC(=O)C(C)(C)/C=C/c2ccc3ccc(nc3c2)[C@@H](C)OC(=O)C2CCCN(N2)C(=O)[C@H](CC(=O)O)NC1=O. The molecule has 0 radical (unpaired) electrons. The summed E-state index contributed by atoms with van der Waals surface area (Å²) >= 11 is 0. The number of pyridine rings is 1. The Morgan fingerprint density at radius 1 is 1.14 bits per heavy atom. The van der Waals surface area contributed by atoms with E-state index in [9.17, 15) is 29.1 Å². The third-order valence-electron chi connectivity index (χ3n) is 7.69. The van der Waals surface area contributed by atoms with E-state index in [0.29, 0.717) is 24.1 Å². The minimum atomic E-state index is -1.44. The number of hydrogen-bond donors (Lipinski definition) is 4. The summed E-state index contributed by atoms with van der Waals surface area (Å²) in [5.41, 5.74) is 3.85. The number of cyclic esters (lactones) is 1. The fourth-order valence-corrected chi connectivity index (χ4v) is 4.98. The van der Waals surface area contributed by atoms with Crippen molar-refractivity contribution in [1.29, 1.82) is 0 Å². The zero-order valence-corrected chi connectivity index (χ0v) is 25.0. The van der Waals surface area contributed by atoms with Gasteiger partial charge < -0.3 is 20.5 Å². The van der Waals surface area contributed by atoms with Crippen LogP contribution in [0.3, 0.4) is 0 Å². The van der Waals surface area contributed by atoms with E-state index >= 15 is 0 Å². The molecule has 0 aliphatic carbocycles. The van der Waals surface area contributed by atoms with Gasteiger partial charge in [0.05, 0.1) is 23.0 Å². The van der Waals surface area contributed by atoms with Crippen LogP contribution in [0.2, 0.25) is 0 Å². The highest BCUT2D eigenvalue weighted by Crippen LogP contribution is 2.25. The molecule has 43 heavy (non-hydrogen) atoms. The predicted molar refractivity (Wildman–Crippen MR) is 158 cm³/mol. The summed E-state index contributed by atoms with van der Waals surface area (Å²) in [7, 11) is 0. The van der Waals surface area contributed by atoms with Crippen LogP contribution in [0.4, 0.5) is 0 Å². The number of aliphatic carboxylic acids is 1. The number of hydrogen-bond acceptors (Lipinski definition) is 8. The number of carbonyl (C=O) groups excluding carboxylic acids is 4. The molecule has 1 unspecified atom stereocenters. The molecule has 0 saturated carbocycles. The first-order chi connectivity index (χ1) is 20.2. The predicted octanol–water partition coefficient (Wildman–Crippen LogP) is 2.49. The van der Waals surface area contributed by atoms with Crippen LogP contribution >= 0.6 is 0 Å². The highest BCUT2D eigenvalue weighted by atomic mass is 16.5. The average molecular weight is 594 g/mol. The van der Waals surface area contributed by atoms with E-state index in [2.05, 4.69) is 16.1 Å². The smallest absolute Gasteiger partial charge is 0.325 e. The van der Waals surface area contributed by atoms with Crippen molar-refractivity contribution in [3.8, 4) is 0 Å². The van der Waals surface area contributed by atoms with Crippen molar-refractivity contribution in [2.45, 2.75) is 78.1 Å². The van der Waals surface area contributed by atoms with Crippen molar-refractivity contribution in [3.63, 3.8) is 0 Å². The van der Waals surface area contributed by atoms with Crippen molar-refractivity contribution >= 4 is 46.6 Å². The van der Waals surface area contributed by atoms with E-state index in [-0.39, 0.29) is 12.5 Å². The second-order valence-electron chi connectivity index (χ2n) is 12.0. The summed E-state index contributed by atoms with van der Waals surface area (Å²) in [4.78, 5) is 69.7. The number of nitrogens with one attached hydrogen (secondary N) is 3. The molecular formula is C31H39N5O7. The summed E-state index contributed by atoms with van der Waals surface area (Å²) < 4.78 is 5.72. The van der Waals surface area contributed by atoms with Crippen molar-refractivity contribution in [3.05, 3.63) is 47.7 Å². The molecule has 12 nitrogen and oxygen atoms in total. The Morgan fingerprint density at radius 2 is 1.86 bits per heavy atom. The molecule has 5 bridgehead atoms. The second kappa shape index (κ2) is 12.9. The normalized spacial score (nSPS) is 26.0. The number of rotatable bonds is 3. The quantitative estimate of drug-likeness (QED) is 0.391. The number of fused-ring (bicyclic) bond motifs is 4. The monoisotopic (exact) mass is 593 g/mol. The van der Waals surface area contributed by atoms with Gasteiger partial charge in [-0.25, -0.2) is 10.4 Å². The molecule has 1 aromatic heterocycles. The number of esters is 1. The van der Waals surface area contributed by atoms with Crippen LogP contribution in [0.25, 0.3) is 17.0 Å². The number of amides is 3. The Balaban J connectivity index is 1.73. The summed E-state index contributed by atoms with van der Waals surface area (Å²) in [5.74, 6) is -4.08. The number of carboxylic acids is 1. The van der Waals surface area contributed by atoms with E-state index in [0.717, 1.165) is 16.0 Å². The lowest BCUT2D eigenvalue weighted by molar-refractivity contribution is -0.158. The summed E-state index contributed by atoms with van der Waals surface area (Å²) in [6, 6.07) is 6.02.